The molecule has 2 N–H and O–H groups in total. The van der Waals surface area contributed by atoms with Gasteiger partial charge in [-0.05, 0) is 44.0 Å². The second-order valence-corrected chi connectivity index (χ2v) is 6.18. The van der Waals surface area contributed by atoms with Crippen LogP contribution in [0.2, 0.25) is 0 Å². The van der Waals surface area contributed by atoms with Crippen molar-refractivity contribution in [3.63, 3.8) is 0 Å². The van der Waals surface area contributed by atoms with Gasteiger partial charge in [-0.3, -0.25) is 5.32 Å². The first-order valence-corrected chi connectivity index (χ1v) is 7.67. The number of nitrogens with one attached hydrogen (secondary N) is 1. The third-order valence-electron chi connectivity index (χ3n) is 4.54. The number of furan rings is 2. The quantitative estimate of drug-likeness (QED) is 0.898. The molecule has 0 radical (unpaired) electrons. The molecule has 0 saturated carbocycles. The molecule has 2 aromatic heterocycles. The van der Waals surface area contributed by atoms with Gasteiger partial charge in [0, 0.05) is 5.92 Å². The Morgan fingerprint density at radius 3 is 2.48 bits per heavy atom. The number of aliphatic hydroxyl groups is 1. The van der Waals surface area contributed by atoms with Gasteiger partial charge in [-0.1, -0.05) is 13.3 Å². The molecule has 0 bridgehead atoms. The van der Waals surface area contributed by atoms with E-state index in [9.17, 15) is 5.11 Å². The first-order chi connectivity index (χ1) is 10.1. The van der Waals surface area contributed by atoms with Crippen molar-refractivity contribution in [2.75, 3.05) is 0 Å². The second-order valence-electron chi connectivity index (χ2n) is 6.18. The minimum absolute atomic E-state index is 0.00111. The molecule has 114 valence electrons. The molecular weight excluding hydrogens is 266 g/mol. The second kappa shape index (κ2) is 5.70. The van der Waals surface area contributed by atoms with Crippen LogP contribution in [-0.2, 0) is 0 Å². The van der Waals surface area contributed by atoms with Crippen molar-refractivity contribution in [1.82, 2.24) is 5.32 Å². The average molecular weight is 289 g/mol. The number of hydrogen-bond acceptors (Lipinski definition) is 4. The molecule has 21 heavy (non-hydrogen) atoms. The van der Waals surface area contributed by atoms with E-state index in [0.29, 0.717) is 6.42 Å². The fourth-order valence-corrected chi connectivity index (χ4v) is 3.53. The van der Waals surface area contributed by atoms with Crippen LogP contribution in [0, 0.1) is 5.92 Å². The molecule has 0 amide bonds. The predicted molar refractivity (Wildman–Crippen MR) is 79.7 cm³/mol. The Bertz CT molecular complexity index is 545. The van der Waals surface area contributed by atoms with Gasteiger partial charge in [-0.25, -0.2) is 0 Å². The average Bonchev–Trinajstić information content (AvgIpc) is 3.13. The summed E-state index contributed by atoms with van der Waals surface area (Å²) in [5.74, 6) is 1.87. The Kier molecular flexibility index (Phi) is 3.91. The molecule has 1 fully saturated rings. The SMILES string of the molecule is CCC[C@@H]1[C@H](c2ccco2)N[C@@H](c2ccco2)C[C@@]1(C)O. The van der Waals surface area contributed by atoms with Crippen LogP contribution in [0.1, 0.15) is 56.7 Å². The van der Waals surface area contributed by atoms with Crippen molar-refractivity contribution < 1.29 is 13.9 Å². The smallest absolute Gasteiger partial charge is 0.121 e. The molecule has 4 heteroatoms. The Hall–Kier alpha value is -1.52. The molecule has 0 unspecified atom stereocenters. The molecule has 4 atom stereocenters. The Labute approximate surface area is 125 Å². The van der Waals surface area contributed by atoms with Crippen LogP contribution in [0.15, 0.2) is 45.6 Å². The lowest BCUT2D eigenvalue weighted by molar-refractivity contribution is -0.0695. The highest BCUT2D eigenvalue weighted by Gasteiger charge is 2.46. The molecule has 0 spiro atoms. The molecule has 1 aliphatic heterocycles. The van der Waals surface area contributed by atoms with Crippen LogP contribution in [-0.4, -0.2) is 10.7 Å². The van der Waals surface area contributed by atoms with E-state index in [1.165, 1.54) is 0 Å². The van der Waals surface area contributed by atoms with E-state index in [2.05, 4.69) is 12.2 Å². The zero-order chi connectivity index (χ0) is 14.9. The van der Waals surface area contributed by atoms with Gasteiger partial charge < -0.3 is 13.9 Å². The van der Waals surface area contributed by atoms with Crippen LogP contribution in [0.4, 0.5) is 0 Å². The summed E-state index contributed by atoms with van der Waals surface area (Å²) in [4.78, 5) is 0. The molecule has 3 heterocycles. The fraction of sp³-hybridized carbons (Fsp3) is 0.529. The zero-order valence-electron chi connectivity index (χ0n) is 12.6. The lowest BCUT2D eigenvalue weighted by Gasteiger charge is -2.45. The van der Waals surface area contributed by atoms with Crippen molar-refractivity contribution in [3.8, 4) is 0 Å². The molecule has 0 aliphatic carbocycles. The third kappa shape index (κ3) is 2.78. The largest absolute Gasteiger partial charge is 0.468 e. The van der Waals surface area contributed by atoms with E-state index in [4.69, 9.17) is 8.83 Å². The van der Waals surface area contributed by atoms with E-state index in [1.807, 2.05) is 31.2 Å². The summed E-state index contributed by atoms with van der Waals surface area (Å²) < 4.78 is 11.1. The van der Waals surface area contributed by atoms with Crippen molar-refractivity contribution in [3.05, 3.63) is 48.3 Å². The molecule has 0 aromatic carbocycles. The minimum atomic E-state index is -0.754. The van der Waals surface area contributed by atoms with Gasteiger partial charge in [0.25, 0.3) is 0 Å². The van der Waals surface area contributed by atoms with Crippen LogP contribution < -0.4 is 5.32 Å². The lowest BCUT2D eigenvalue weighted by Crippen LogP contribution is -2.51. The highest BCUT2D eigenvalue weighted by Crippen LogP contribution is 2.45. The summed E-state index contributed by atoms with van der Waals surface area (Å²) in [7, 11) is 0. The van der Waals surface area contributed by atoms with Crippen molar-refractivity contribution in [2.24, 2.45) is 5.92 Å². The summed E-state index contributed by atoms with van der Waals surface area (Å²) in [6.45, 7) is 4.08. The van der Waals surface area contributed by atoms with E-state index in [0.717, 1.165) is 24.4 Å². The van der Waals surface area contributed by atoms with Crippen molar-refractivity contribution >= 4 is 0 Å². The molecule has 3 rings (SSSR count). The normalized spacial score (nSPS) is 33.2. The highest BCUT2D eigenvalue weighted by atomic mass is 16.3. The van der Waals surface area contributed by atoms with E-state index in [-0.39, 0.29) is 18.0 Å². The van der Waals surface area contributed by atoms with Gasteiger partial charge in [0.15, 0.2) is 0 Å². The molecule has 1 aliphatic rings. The zero-order valence-corrected chi connectivity index (χ0v) is 12.6. The van der Waals surface area contributed by atoms with Gasteiger partial charge in [0.05, 0.1) is 30.2 Å². The first-order valence-electron chi connectivity index (χ1n) is 7.67. The fourth-order valence-electron chi connectivity index (χ4n) is 3.53. The summed E-state index contributed by atoms with van der Waals surface area (Å²) in [5.41, 5.74) is -0.754. The van der Waals surface area contributed by atoms with E-state index >= 15 is 0 Å². The maximum atomic E-state index is 11.0. The predicted octanol–water partition coefficient (Wildman–Crippen LogP) is 3.82. The standard InChI is InChI=1S/C17H23NO3/c1-3-6-12-16(15-8-5-10-21-15)18-13(11-17(12,2)19)14-7-4-9-20-14/h4-5,7-10,12-13,16,18-19H,3,6,11H2,1-2H3/t12-,13-,16-,17-/m1/s1. The van der Waals surface area contributed by atoms with E-state index in [1.54, 1.807) is 12.5 Å². The van der Waals surface area contributed by atoms with Gasteiger partial charge in [-0.15, -0.1) is 0 Å². The Balaban J connectivity index is 1.92. The maximum absolute atomic E-state index is 11.0. The maximum Gasteiger partial charge on any atom is 0.121 e. The van der Waals surface area contributed by atoms with Crippen molar-refractivity contribution in [1.29, 1.82) is 0 Å². The monoisotopic (exact) mass is 289 g/mol. The van der Waals surface area contributed by atoms with Gasteiger partial charge in [0.2, 0.25) is 0 Å². The Morgan fingerprint density at radius 1 is 1.24 bits per heavy atom. The van der Waals surface area contributed by atoms with Crippen LogP contribution in [0.3, 0.4) is 0 Å². The number of hydrogen-bond donors (Lipinski definition) is 2. The van der Waals surface area contributed by atoms with Gasteiger partial charge in [0.1, 0.15) is 11.5 Å². The first kappa shape index (κ1) is 14.4. The molecule has 2 aromatic rings. The third-order valence-corrected chi connectivity index (χ3v) is 4.54. The summed E-state index contributed by atoms with van der Waals surface area (Å²) in [6, 6.07) is 7.70. The highest BCUT2D eigenvalue weighted by molar-refractivity contribution is 5.16. The van der Waals surface area contributed by atoms with Gasteiger partial charge >= 0.3 is 0 Å². The topological polar surface area (TPSA) is 58.5 Å². The van der Waals surface area contributed by atoms with Crippen molar-refractivity contribution in [2.45, 2.75) is 50.8 Å². The van der Waals surface area contributed by atoms with Crippen LogP contribution >= 0.6 is 0 Å². The summed E-state index contributed by atoms with van der Waals surface area (Å²) in [5, 5.41) is 14.6. The van der Waals surface area contributed by atoms with Crippen LogP contribution in [0.5, 0.6) is 0 Å². The number of piperidine rings is 1. The van der Waals surface area contributed by atoms with E-state index < -0.39 is 5.60 Å². The lowest BCUT2D eigenvalue weighted by atomic mass is 9.72. The molecular formula is C17H23NO3. The summed E-state index contributed by atoms with van der Waals surface area (Å²) in [6.07, 6.45) is 5.99. The number of rotatable bonds is 4. The Morgan fingerprint density at radius 2 is 1.90 bits per heavy atom. The van der Waals surface area contributed by atoms with Crippen LogP contribution in [0.25, 0.3) is 0 Å². The van der Waals surface area contributed by atoms with Gasteiger partial charge in [-0.2, -0.15) is 0 Å². The summed E-state index contributed by atoms with van der Waals surface area (Å²) >= 11 is 0. The molecule has 4 nitrogen and oxygen atoms in total. The minimum Gasteiger partial charge on any atom is -0.468 e. The molecule has 1 saturated heterocycles.